The molecule has 0 bridgehead atoms. The van der Waals surface area contributed by atoms with Crippen LogP contribution in [-0.2, 0) is 4.74 Å². The molecule has 0 radical (unpaired) electrons. The Hall–Kier alpha value is -2.14. The molecule has 96 valence electrons. The largest absolute Gasteiger partial charge is 0.462 e. The van der Waals surface area contributed by atoms with E-state index in [1.807, 2.05) is 24.3 Å². The van der Waals surface area contributed by atoms with Crippen molar-refractivity contribution >= 4 is 37.6 Å². The molecule has 1 N–H and O–H groups in total. The first-order valence-electron chi connectivity index (χ1n) is 5.92. The summed E-state index contributed by atoms with van der Waals surface area (Å²) in [5.74, 6) is -0.580. The highest BCUT2D eigenvalue weighted by atomic mass is 32.1. The molecule has 0 fully saturated rings. The van der Waals surface area contributed by atoms with E-state index in [1.54, 1.807) is 6.92 Å². The van der Waals surface area contributed by atoms with Crippen LogP contribution in [0.25, 0.3) is 20.3 Å². The minimum atomic E-state index is -0.580. The second-order valence-corrected chi connectivity index (χ2v) is 5.11. The number of hydrogen-bond donors (Lipinski definition) is 1. The van der Waals surface area contributed by atoms with E-state index in [9.17, 15) is 9.59 Å². The van der Waals surface area contributed by atoms with Gasteiger partial charge in [-0.15, -0.1) is 11.3 Å². The second kappa shape index (κ2) is 4.51. The maximum Gasteiger partial charge on any atom is 0.343 e. The van der Waals surface area contributed by atoms with Crippen molar-refractivity contribution in [2.45, 2.75) is 6.92 Å². The molecule has 0 saturated carbocycles. The summed E-state index contributed by atoms with van der Waals surface area (Å²) in [4.78, 5) is 27.0. The number of nitrogens with one attached hydrogen (secondary N) is 1. The lowest BCUT2D eigenvalue weighted by atomic mass is 10.2. The van der Waals surface area contributed by atoms with E-state index in [0.717, 1.165) is 15.6 Å². The molecule has 2 heterocycles. The van der Waals surface area contributed by atoms with E-state index in [1.165, 1.54) is 17.5 Å². The zero-order valence-electron chi connectivity index (χ0n) is 10.2. The van der Waals surface area contributed by atoms with Crippen molar-refractivity contribution in [2.24, 2.45) is 0 Å². The molecule has 0 atom stereocenters. The van der Waals surface area contributed by atoms with Crippen molar-refractivity contribution in [2.75, 3.05) is 6.61 Å². The number of aromatic amines is 1. The van der Waals surface area contributed by atoms with E-state index in [0.29, 0.717) is 4.70 Å². The topological polar surface area (TPSA) is 59.2 Å². The Morgan fingerprint density at radius 3 is 2.95 bits per heavy atom. The maximum atomic E-state index is 12.3. The Labute approximate surface area is 112 Å². The number of pyridine rings is 1. The second-order valence-electron chi connectivity index (χ2n) is 4.05. The molecule has 0 aliphatic carbocycles. The van der Waals surface area contributed by atoms with Gasteiger partial charge in [0.25, 0.3) is 0 Å². The number of hydrogen-bond acceptors (Lipinski definition) is 4. The molecule has 4 nitrogen and oxygen atoms in total. The molecule has 5 heteroatoms. The molecule has 1 aromatic carbocycles. The Morgan fingerprint density at radius 2 is 2.16 bits per heavy atom. The average molecular weight is 273 g/mol. The summed E-state index contributed by atoms with van der Waals surface area (Å²) in [5, 5.41) is 0.995. The zero-order chi connectivity index (χ0) is 13.4. The smallest absolute Gasteiger partial charge is 0.343 e. The molecule has 3 rings (SSSR count). The number of rotatable bonds is 2. The Morgan fingerprint density at radius 1 is 1.37 bits per heavy atom. The summed E-state index contributed by atoms with van der Waals surface area (Å²) in [7, 11) is 0. The van der Waals surface area contributed by atoms with Gasteiger partial charge in [0.2, 0.25) is 5.43 Å². The summed E-state index contributed by atoms with van der Waals surface area (Å²) < 4.78 is 6.46. The standard InChI is InChI=1S/C14H11NO3S/c1-2-18-14(17)9-7-15-11-8-5-3-4-6-10(8)19-13(11)12(9)16/h3-7H,2H2,1H3,(H,15,16). The molecule has 2 aromatic heterocycles. The SMILES string of the molecule is CCOC(=O)c1c[nH]c2c(sc3ccccc32)c1=O. The van der Waals surface area contributed by atoms with Crippen LogP contribution in [-0.4, -0.2) is 17.6 Å². The van der Waals surface area contributed by atoms with Gasteiger partial charge in [0.15, 0.2) is 0 Å². The van der Waals surface area contributed by atoms with E-state index in [-0.39, 0.29) is 17.6 Å². The van der Waals surface area contributed by atoms with E-state index >= 15 is 0 Å². The molecule has 0 spiro atoms. The number of aromatic nitrogens is 1. The average Bonchev–Trinajstić information content (AvgIpc) is 2.79. The van der Waals surface area contributed by atoms with Gasteiger partial charge in [0.05, 0.1) is 12.1 Å². The minimum absolute atomic E-state index is 0.0564. The van der Waals surface area contributed by atoms with Crippen molar-refractivity contribution in [1.82, 2.24) is 4.98 Å². The molecule has 0 unspecified atom stereocenters. The maximum absolute atomic E-state index is 12.3. The summed E-state index contributed by atoms with van der Waals surface area (Å²) >= 11 is 1.39. The lowest BCUT2D eigenvalue weighted by Gasteiger charge is -2.00. The normalized spacial score (nSPS) is 11.0. The van der Waals surface area contributed by atoms with Gasteiger partial charge >= 0.3 is 5.97 Å². The van der Waals surface area contributed by atoms with Crippen LogP contribution < -0.4 is 5.43 Å². The summed E-state index contributed by atoms with van der Waals surface area (Å²) in [6.45, 7) is 1.97. The Balaban J connectivity index is 2.31. The summed E-state index contributed by atoms with van der Waals surface area (Å²) in [6.07, 6.45) is 1.43. The van der Waals surface area contributed by atoms with Gasteiger partial charge in [0.1, 0.15) is 10.3 Å². The van der Waals surface area contributed by atoms with Crippen LogP contribution in [0.15, 0.2) is 35.3 Å². The van der Waals surface area contributed by atoms with Gasteiger partial charge in [-0.2, -0.15) is 0 Å². The zero-order valence-corrected chi connectivity index (χ0v) is 11.0. The van der Waals surface area contributed by atoms with Gasteiger partial charge in [-0.3, -0.25) is 4.79 Å². The van der Waals surface area contributed by atoms with Gasteiger partial charge in [-0.1, -0.05) is 18.2 Å². The summed E-state index contributed by atoms with van der Waals surface area (Å²) in [6, 6.07) is 7.76. The van der Waals surface area contributed by atoms with Gasteiger partial charge in [-0.25, -0.2) is 4.79 Å². The monoisotopic (exact) mass is 273 g/mol. The molecule has 0 aliphatic rings. The fourth-order valence-corrected chi connectivity index (χ4v) is 3.16. The van der Waals surface area contributed by atoms with Crippen molar-refractivity contribution in [1.29, 1.82) is 0 Å². The quantitative estimate of drug-likeness (QED) is 0.730. The number of H-pyrrole nitrogens is 1. The van der Waals surface area contributed by atoms with Crippen LogP contribution in [0.3, 0.4) is 0 Å². The van der Waals surface area contributed by atoms with Crippen molar-refractivity contribution in [3.8, 4) is 0 Å². The van der Waals surface area contributed by atoms with E-state index < -0.39 is 5.97 Å². The number of benzene rings is 1. The predicted octanol–water partition coefficient (Wildman–Crippen LogP) is 2.92. The van der Waals surface area contributed by atoms with Crippen LogP contribution in [0.5, 0.6) is 0 Å². The Bertz CT molecular complexity index is 831. The van der Waals surface area contributed by atoms with Crippen LogP contribution in [0, 0.1) is 0 Å². The fraction of sp³-hybridized carbons (Fsp3) is 0.143. The highest BCUT2D eigenvalue weighted by Gasteiger charge is 2.16. The third kappa shape index (κ3) is 1.82. The Kier molecular flexibility index (Phi) is 2.83. The van der Waals surface area contributed by atoms with Crippen molar-refractivity contribution in [3.63, 3.8) is 0 Å². The third-order valence-electron chi connectivity index (χ3n) is 2.90. The molecule has 0 amide bonds. The number of carbonyl (C=O) groups excluding carboxylic acids is 1. The van der Waals surface area contributed by atoms with Crippen LogP contribution >= 0.6 is 11.3 Å². The van der Waals surface area contributed by atoms with Gasteiger partial charge in [0, 0.05) is 16.3 Å². The van der Waals surface area contributed by atoms with Crippen molar-refractivity contribution in [3.05, 3.63) is 46.2 Å². The first-order chi connectivity index (χ1) is 9.22. The fourth-order valence-electron chi connectivity index (χ4n) is 2.04. The highest BCUT2D eigenvalue weighted by Crippen LogP contribution is 2.30. The van der Waals surface area contributed by atoms with Crippen LogP contribution in [0.2, 0.25) is 0 Å². The first-order valence-corrected chi connectivity index (χ1v) is 6.74. The minimum Gasteiger partial charge on any atom is -0.462 e. The third-order valence-corrected chi connectivity index (χ3v) is 4.07. The molecule has 3 aromatic rings. The van der Waals surface area contributed by atoms with Crippen molar-refractivity contribution < 1.29 is 9.53 Å². The van der Waals surface area contributed by atoms with Gasteiger partial charge in [-0.05, 0) is 13.0 Å². The number of esters is 1. The van der Waals surface area contributed by atoms with Crippen LogP contribution in [0.4, 0.5) is 0 Å². The first kappa shape index (κ1) is 11.9. The lowest BCUT2D eigenvalue weighted by molar-refractivity contribution is 0.0524. The molecule has 0 aliphatic heterocycles. The van der Waals surface area contributed by atoms with Gasteiger partial charge < -0.3 is 9.72 Å². The van der Waals surface area contributed by atoms with Crippen LogP contribution in [0.1, 0.15) is 17.3 Å². The highest BCUT2D eigenvalue weighted by molar-refractivity contribution is 7.25. The summed E-state index contributed by atoms with van der Waals surface area (Å²) in [5.41, 5.74) is 0.563. The molecular formula is C14H11NO3S. The number of fused-ring (bicyclic) bond motifs is 3. The number of ether oxygens (including phenoxy) is 1. The number of thiophene rings is 1. The lowest BCUT2D eigenvalue weighted by Crippen LogP contribution is -2.17. The number of carbonyl (C=O) groups is 1. The molecular weight excluding hydrogens is 262 g/mol. The van der Waals surface area contributed by atoms with E-state index in [4.69, 9.17) is 4.74 Å². The molecule has 0 saturated heterocycles. The molecule has 19 heavy (non-hydrogen) atoms. The van der Waals surface area contributed by atoms with E-state index in [2.05, 4.69) is 4.98 Å². The predicted molar refractivity (Wildman–Crippen MR) is 75.9 cm³/mol.